The van der Waals surface area contributed by atoms with Crippen molar-refractivity contribution in [1.29, 1.82) is 0 Å². The molecule has 10 heteroatoms. The van der Waals surface area contributed by atoms with E-state index < -0.39 is 12.1 Å². The van der Waals surface area contributed by atoms with Gasteiger partial charge in [-0.2, -0.15) is 0 Å². The van der Waals surface area contributed by atoms with Gasteiger partial charge >= 0.3 is 6.03 Å². The number of primary amides is 1. The highest BCUT2D eigenvalue weighted by molar-refractivity contribution is 6.03. The molecule has 0 aromatic carbocycles. The van der Waals surface area contributed by atoms with E-state index in [9.17, 15) is 24.0 Å². The van der Waals surface area contributed by atoms with Gasteiger partial charge in [0.1, 0.15) is 6.04 Å². The molecule has 0 aromatic heterocycles. The van der Waals surface area contributed by atoms with E-state index in [-0.39, 0.29) is 54.3 Å². The van der Waals surface area contributed by atoms with Crippen LogP contribution in [0, 0.1) is 11.8 Å². The summed E-state index contributed by atoms with van der Waals surface area (Å²) >= 11 is 0. The van der Waals surface area contributed by atoms with Crippen LogP contribution < -0.4 is 21.7 Å². The third-order valence-corrected chi connectivity index (χ3v) is 5.52. The topological polar surface area (TPSA) is 151 Å². The summed E-state index contributed by atoms with van der Waals surface area (Å²) in [5, 5.41) is 8.22. The summed E-state index contributed by atoms with van der Waals surface area (Å²) in [5.41, 5.74) is 5.02. The van der Waals surface area contributed by atoms with Crippen molar-refractivity contribution in [3.05, 3.63) is 0 Å². The monoisotopic (exact) mass is 453 g/mol. The van der Waals surface area contributed by atoms with E-state index in [1.54, 1.807) is 6.92 Å². The Balaban J connectivity index is 2.31. The molecule has 0 bridgehead atoms. The van der Waals surface area contributed by atoms with Gasteiger partial charge in [0.15, 0.2) is 0 Å². The van der Waals surface area contributed by atoms with Crippen LogP contribution in [0.5, 0.6) is 0 Å². The van der Waals surface area contributed by atoms with Gasteiger partial charge in [-0.25, -0.2) is 4.79 Å². The average molecular weight is 454 g/mol. The zero-order valence-corrected chi connectivity index (χ0v) is 19.7. The molecule has 6 amide bonds. The molecule has 3 atom stereocenters. The summed E-state index contributed by atoms with van der Waals surface area (Å²) < 4.78 is 0. The molecule has 0 radical (unpaired) electrons. The molecule has 0 saturated carbocycles. The lowest BCUT2D eigenvalue weighted by atomic mass is 10.0. The van der Waals surface area contributed by atoms with Gasteiger partial charge in [0, 0.05) is 37.9 Å². The summed E-state index contributed by atoms with van der Waals surface area (Å²) in [5.74, 6) is -0.969. The normalized spacial score (nSPS) is 17.9. The molecule has 1 aliphatic heterocycles. The highest BCUT2D eigenvalue weighted by Gasteiger charge is 2.34. The van der Waals surface area contributed by atoms with Gasteiger partial charge in [-0.3, -0.25) is 24.1 Å². The first-order valence-corrected chi connectivity index (χ1v) is 11.5. The van der Waals surface area contributed by atoms with E-state index in [2.05, 4.69) is 16.0 Å². The summed E-state index contributed by atoms with van der Waals surface area (Å²) in [7, 11) is 0. The predicted octanol–water partition coefficient (Wildman–Crippen LogP) is 1.04. The number of nitrogens with two attached hydrogens (primary N) is 1. The first kappa shape index (κ1) is 27.4. The summed E-state index contributed by atoms with van der Waals surface area (Å²) in [6, 6.07) is -1.30. The number of nitrogens with one attached hydrogen (secondary N) is 3. The first-order valence-electron chi connectivity index (χ1n) is 11.5. The van der Waals surface area contributed by atoms with Crippen LogP contribution in [0.4, 0.5) is 4.79 Å². The van der Waals surface area contributed by atoms with E-state index in [1.807, 2.05) is 20.8 Å². The number of carbonyl (C=O) groups excluding carboxylic acids is 5. The van der Waals surface area contributed by atoms with Crippen LogP contribution in [0.15, 0.2) is 0 Å². The first-order chi connectivity index (χ1) is 15.0. The van der Waals surface area contributed by atoms with Crippen molar-refractivity contribution in [1.82, 2.24) is 20.9 Å². The van der Waals surface area contributed by atoms with Crippen molar-refractivity contribution in [3.8, 4) is 0 Å². The van der Waals surface area contributed by atoms with Gasteiger partial charge in [-0.05, 0) is 38.5 Å². The van der Waals surface area contributed by atoms with E-state index >= 15 is 0 Å². The molecule has 1 heterocycles. The maximum absolute atomic E-state index is 12.6. The summed E-state index contributed by atoms with van der Waals surface area (Å²) in [6.45, 7) is 8.21. The Hall–Kier alpha value is -2.65. The maximum atomic E-state index is 12.6. The summed E-state index contributed by atoms with van der Waals surface area (Å²) in [4.78, 5) is 60.6. The fraction of sp³-hybridized carbons (Fsp3) is 0.773. The van der Waals surface area contributed by atoms with Crippen molar-refractivity contribution < 1.29 is 24.0 Å². The van der Waals surface area contributed by atoms with Crippen LogP contribution in [-0.4, -0.2) is 59.7 Å². The van der Waals surface area contributed by atoms with Crippen LogP contribution in [0.2, 0.25) is 0 Å². The lowest BCUT2D eigenvalue weighted by molar-refractivity contribution is -0.139. The quantitative estimate of drug-likeness (QED) is 0.229. The van der Waals surface area contributed by atoms with Crippen molar-refractivity contribution in [2.45, 2.75) is 84.7 Å². The molecule has 0 spiro atoms. The smallest absolute Gasteiger partial charge is 0.312 e. The Bertz CT molecular complexity index is 682. The Kier molecular flexibility index (Phi) is 11.7. The summed E-state index contributed by atoms with van der Waals surface area (Å²) in [6.07, 6.45) is 3.91. The molecule has 182 valence electrons. The molecule has 0 aromatic rings. The number of likely N-dealkylation sites (tertiary alicyclic amines) is 1. The second-order valence-electron chi connectivity index (χ2n) is 8.93. The van der Waals surface area contributed by atoms with Crippen LogP contribution in [-0.2, 0) is 19.2 Å². The van der Waals surface area contributed by atoms with Crippen molar-refractivity contribution in [3.63, 3.8) is 0 Å². The number of amides is 6. The van der Waals surface area contributed by atoms with Gasteiger partial charge in [0.25, 0.3) is 0 Å². The predicted molar refractivity (Wildman–Crippen MR) is 120 cm³/mol. The Morgan fingerprint density at radius 3 is 2.31 bits per heavy atom. The number of imide groups is 1. The SMILES string of the molecule is CC1CC(=O)N(CCCCCC(=O)N[C@H](C(=O)N[C@H](C)CCCNC(N)=O)C(C)C)C1=O. The molecule has 1 aliphatic rings. The van der Waals surface area contributed by atoms with E-state index in [4.69, 9.17) is 5.73 Å². The third kappa shape index (κ3) is 9.65. The molecular weight excluding hydrogens is 414 g/mol. The minimum Gasteiger partial charge on any atom is -0.352 e. The van der Waals surface area contributed by atoms with E-state index in [0.717, 1.165) is 0 Å². The largest absolute Gasteiger partial charge is 0.352 e. The standard InChI is InChI=1S/C22H39N5O5/c1-14(2)19(20(30)25-16(4)9-8-11-24-22(23)32)26-17(28)10-6-5-7-12-27-18(29)13-15(3)21(27)31/h14-16,19H,5-13H2,1-4H3,(H,25,30)(H,26,28)(H3,23,24,32)/t15?,16-,19+/m1/s1. The molecule has 32 heavy (non-hydrogen) atoms. The van der Waals surface area contributed by atoms with E-state index in [1.165, 1.54) is 4.90 Å². The van der Waals surface area contributed by atoms with Crippen LogP contribution in [0.1, 0.15) is 72.6 Å². The third-order valence-electron chi connectivity index (χ3n) is 5.52. The highest BCUT2D eigenvalue weighted by Crippen LogP contribution is 2.19. The minimum absolute atomic E-state index is 0.0724. The lowest BCUT2D eigenvalue weighted by Crippen LogP contribution is -2.51. The van der Waals surface area contributed by atoms with Crippen LogP contribution in [0.3, 0.4) is 0 Å². The molecule has 5 N–H and O–H groups in total. The minimum atomic E-state index is -0.630. The zero-order valence-electron chi connectivity index (χ0n) is 19.7. The average Bonchev–Trinajstić information content (AvgIpc) is 2.94. The van der Waals surface area contributed by atoms with Gasteiger partial charge in [-0.15, -0.1) is 0 Å². The molecule has 1 saturated heterocycles. The Morgan fingerprint density at radius 1 is 1.06 bits per heavy atom. The van der Waals surface area contributed by atoms with Crippen LogP contribution >= 0.6 is 0 Å². The molecule has 1 rings (SSSR count). The van der Waals surface area contributed by atoms with Gasteiger partial charge in [0.2, 0.25) is 23.6 Å². The number of rotatable bonds is 14. The number of unbranched alkanes of at least 4 members (excludes halogenated alkanes) is 2. The van der Waals surface area contributed by atoms with Gasteiger partial charge < -0.3 is 21.7 Å². The molecular formula is C22H39N5O5. The van der Waals surface area contributed by atoms with Gasteiger partial charge in [-0.1, -0.05) is 27.2 Å². The van der Waals surface area contributed by atoms with Gasteiger partial charge in [0.05, 0.1) is 0 Å². The highest BCUT2D eigenvalue weighted by atomic mass is 16.2. The van der Waals surface area contributed by atoms with Crippen molar-refractivity contribution in [2.75, 3.05) is 13.1 Å². The number of carbonyl (C=O) groups is 5. The number of hydrogen-bond donors (Lipinski definition) is 4. The van der Waals surface area contributed by atoms with E-state index in [0.29, 0.717) is 45.2 Å². The molecule has 0 aliphatic carbocycles. The molecule has 10 nitrogen and oxygen atoms in total. The Labute approximate surface area is 190 Å². The fourth-order valence-corrected chi connectivity index (χ4v) is 3.62. The lowest BCUT2D eigenvalue weighted by Gasteiger charge is -2.24. The number of nitrogens with zero attached hydrogens (tertiary/aromatic N) is 1. The number of hydrogen-bond acceptors (Lipinski definition) is 5. The maximum Gasteiger partial charge on any atom is 0.312 e. The fourth-order valence-electron chi connectivity index (χ4n) is 3.62. The van der Waals surface area contributed by atoms with Crippen molar-refractivity contribution >= 4 is 29.7 Å². The van der Waals surface area contributed by atoms with Crippen molar-refractivity contribution in [2.24, 2.45) is 17.6 Å². The number of urea groups is 1. The molecule has 1 unspecified atom stereocenters. The van der Waals surface area contributed by atoms with Crippen LogP contribution in [0.25, 0.3) is 0 Å². The Morgan fingerprint density at radius 2 is 1.75 bits per heavy atom. The second kappa shape index (κ2) is 13.7. The zero-order chi connectivity index (χ0) is 24.3. The second-order valence-corrected chi connectivity index (χ2v) is 8.93. The molecule has 1 fully saturated rings.